The van der Waals surface area contributed by atoms with Gasteiger partial charge >= 0.3 is 18.0 Å². The minimum absolute atomic E-state index is 0.0862. The lowest BCUT2D eigenvalue weighted by Crippen LogP contribution is -2.01. The summed E-state index contributed by atoms with van der Waals surface area (Å²) in [6, 6.07) is 0. The summed E-state index contributed by atoms with van der Waals surface area (Å²) in [6.07, 6.45) is -0.0862. The summed E-state index contributed by atoms with van der Waals surface area (Å²) in [5, 5.41) is 0. The average molecular weight is 171 g/mol. The van der Waals surface area contributed by atoms with Crippen LogP contribution in [0, 0.1) is 6.92 Å². The molecule has 0 spiro atoms. The van der Waals surface area contributed by atoms with Crippen molar-refractivity contribution in [2.24, 2.45) is 0 Å². The van der Waals surface area contributed by atoms with Gasteiger partial charge in [0.25, 0.3) is 0 Å². The smallest absolute Gasteiger partial charge is 0.404 e. The van der Waals surface area contributed by atoms with E-state index >= 15 is 0 Å². The van der Waals surface area contributed by atoms with E-state index in [1.54, 1.807) is 6.92 Å². The van der Waals surface area contributed by atoms with Gasteiger partial charge in [0.05, 0.1) is 7.11 Å². The van der Waals surface area contributed by atoms with Gasteiger partial charge in [-0.2, -0.15) is 4.98 Å². The molecule has 0 atom stereocenters. The highest BCUT2D eigenvalue weighted by Gasteiger charge is 2.11. The third-order valence-electron chi connectivity index (χ3n) is 1.15. The molecule has 1 aromatic heterocycles. The molecule has 66 valence electrons. The van der Waals surface area contributed by atoms with E-state index in [0.717, 1.165) is 0 Å². The Bertz CT molecular complexity index is 292. The highest BCUT2D eigenvalue weighted by Crippen LogP contribution is 2.23. The maximum atomic E-state index is 10.5. The lowest BCUT2D eigenvalue weighted by atomic mass is 10.5. The number of aryl methyl sites for hydroxylation is 1. The first-order chi connectivity index (χ1) is 5.63. The maximum absolute atomic E-state index is 10.5. The maximum Gasteiger partial charge on any atom is 0.404 e. The zero-order chi connectivity index (χ0) is 9.14. The molecule has 0 aromatic carbocycles. The van der Waals surface area contributed by atoms with Gasteiger partial charge in [0.2, 0.25) is 0 Å². The summed E-state index contributed by atoms with van der Waals surface area (Å²) in [7, 11) is 1.45. The highest BCUT2D eigenvalue weighted by atomic mass is 16.7. The molecule has 0 aliphatic heterocycles. The monoisotopic (exact) mass is 171 g/mol. The fourth-order valence-corrected chi connectivity index (χ4v) is 0.715. The van der Waals surface area contributed by atoms with Crippen LogP contribution >= 0.6 is 0 Å². The van der Waals surface area contributed by atoms with Crippen LogP contribution in [0.25, 0.3) is 0 Å². The number of rotatable bonds is 2. The summed E-state index contributed by atoms with van der Waals surface area (Å²) >= 11 is 0. The van der Waals surface area contributed by atoms with E-state index in [9.17, 15) is 4.79 Å². The number of aromatic nitrogens is 1. The Morgan fingerprint density at radius 1 is 1.58 bits per heavy atom. The first-order valence-electron chi connectivity index (χ1n) is 3.33. The van der Waals surface area contributed by atoms with Crippen LogP contribution in [0.5, 0.6) is 12.0 Å². The van der Waals surface area contributed by atoms with Crippen molar-refractivity contribution in [3.63, 3.8) is 0 Å². The molecule has 0 fully saturated rings. The molecule has 0 N–H and O–H groups in total. The summed E-state index contributed by atoms with van der Waals surface area (Å²) in [6.45, 7) is 2.96. The number of hydrogen-bond donors (Lipinski definition) is 0. The Balaban J connectivity index is 2.82. The van der Waals surface area contributed by atoms with E-state index in [1.165, 1.54) is 14.0 Å². The minimum atomic E-state index is -0.473. The van der Waals surface area contributed by atoms with Crippen molar-refractivity contribution in [1.29, 1.82) is 0 Å². The van der Waals surface area contributed by atoms with Gasteiger partial charge in [-0.3, -0.25) is 4.79 Å². The average Bonchev–Trinajstić information content (AvgIpc) is 2.29. The second-order valence-corrected chi connectivity index (χ2v) is 2.15. The number of esters is 1. The predicted octanol–water partition coefficient (Wildman–Crippen LogP) is 0.917. The quantitative estimate of drug-likeness (QED) is 0.619. The van der Waals surface area contributed by atoms with E-state index in [2.05, 4.69) is 9.72 Å². The molecular weight excluding hydrogens is 162 g/mol. The molecule has 0 amide bonds. The summed E-state index contributed by atoms with van der Waals surface area (Å²) < 4.78 is 14.3. The molecule has 12 heavy (non-hydrogen) atoms. The van der Waals surface area contributed by atoms with Crippen LogP contribution in [-0.4, -0.2) is 18.1 Å². The molecule has 0 aliphatic rings. The standard InChI is InChI=1S/C7H9NO4/c1-4-6(10-3)12-7(8-4)11-5(2)9/h1-3H3. The van der Waals surface area contributed by atoms with Gasteiger partial charge in [0, 0.05) is 6.92 Å². The van der Waals surface area contributed by atoms with Gasteiger partial charge in [-0.15, -0.1) is 0 Å². The lowest BCUT2D eigenvalue weighted by molar-refractivity contribution is -0.133. The van der Waals surface area contributed by atoms with Crippen molar-refractivity contribution in [3.05, 3.63) is 5.69 Å². The molecule has 0 aliphatic carbocycles. The van der Waals surface area contributed by atoms with Crippen molar-refractivity contribution in [3.8, 4) is 12.0 Å². The highest BCUT2D eigenvalue weighted by molar-refractivity contribution is 5.68. The van der Waals surface area contributed by atoms with Crippen molar-refractivity contribution in [2.45, 2.75) is 13.8 Å². The molecule has 1 heterocycles. The topological polar surface area (TPSA) is 61.6 Å². The predicted molar refractivity (Wildman–Crippen MR) is 39.1 cm³/mol. The molecule has 1 aromatic rings. The number of hydrogen-bond acceptors (Lipinski definition) is 5. The summed E-state index contributed by atoms with van der Waals surface area (Å²) in [4.78, 5) is 14.2. The first kappa shape index (κ1) is 8.58. The Morgan fingerprint density at radius 2 is 2.25 bits per heavy atom. The van der Waals surface area contributed by atoms with Gasteiger partial charge < -0.3 is 13.9 Å². The van der Waals surface area contributed by atoms with Gasteiger partial charge in [0.15, 0.2) is 0 Å². The molecule has 5 heteroatoms. The van der Waals surface area contributed by atoms with E-state index in [4.69, 9.17) is 9.15 Å². The molecule has 0 saturated carbocycles. The van der Waals surface area contributed by atoms with E-state index in [0.29, 0.717) is 5.69 Å². The summed E-state index contributed by atoms with van der Waals surface area (Å²) in [5.41, 5.74) is 0.550. The number of oxazole rings is 1. The third kappa shape index (κ3) is 1.75. The fraction of sp³-hybridized carbons (Fsp3) is 0.429. The van der Waals surface area contributed by atoms with Crippen LogP contribution in [0.15, 0.2) is 4.42 Å². The van der Waals surface area contributed by atoms with Crippen LogP contribution in [-0.2, 0) is 4.79 Å². The molecule has 1 rings (SSSR count). The second kappa shape index (κ2) is 3.25. The summed E-state index contributed by atoms with van der Waals surface area (Å²) in [5.74, 6) is -0.217. The van der Waals surface area contributed by atoms with E-state index < -0.39 is 5.97 Å². The zero-order valence-electron chi connectivity index (χ0n) is 7.08. The van der Waals surface area contributed by atoms with Gasteiger partial charge in [-0.25, -0.2) is 0 Å². The first-order valence-corrected chi connectivity index (χ1v) is 3.33. The number of ether oxygens (including phenoxy) is 2. The largest absolute Gasteiger partial charge is 0.467 e. The molecule has 0 radical (unpaired) electrons. The van der Waals surface area contributed by atoms with Crippen molar-refractivity contribution >= 4 is 5.97 Å². The van der Waals surface area contributed by atoms with Crippen LogP contribution < -0.4 is 9.47 Å². The Kier molecular flexibility index (Phi) is 2.32. The van der Waals surface area contributed by atoms with Crippen LogP contribution in [0.2, 0.25) is 0 Å². The third-order valence-corrected chi connectivity index (χ3v) is 1.15. The normalized spacial score (nSPS) is 9.58. The Morgan fingerprint density at radius 3 is 2.67 bits per heavy atom. The van der Waals surface area contributed by atoms with E-state index in [-0.39, 0.29) is 12.0 Å². The molecular formula is C7H9NO4. The second-order valence-electron chi connectivity index (χ2n) is 2.15. The van der Waals surface area contributed by atoms with E-state index in [1.807, 2.05) is 0 Å². The fourth-order valence-electron chi connectivity index (χ4n) is 0.715. The molecule has 5 nitrogen and oxygen atoms in total. The Labute approximate surface area is 69.3 Å². The van der Waals surface area contributed by atoms with Gasteiger partial charge in [0.1, 0.15) is 5.69 Å². The van der Waals surface area contributed by atoms with Gasteiger partial charge in [-0.05, 0) is 6.92 Å². The Hall–Kier alpha value is -1.52. The molecule has 0 bridgehead atoms. The minimum Gasteiger partial charge on any atom is -0.467 e. The van der Waals surface area contributed by atoms with Crippen molar-refractivity contribution in [2.75, 3.05) is 7.11 Å². The SMILES string of the molecule is COc1oc(OC(C)=O)nc1C. The lowest BCUT2D eigenvalue weighted by Gasteiger charge is -1.91. The van der Waals surface area contributed by atoms with Crippen molar-refractivity contribution < 1.29 is 18.7 Å². The number of carbonyl (C=O) groups excluding carboxylic acids is 1. The molecule has 0 saturated heterocycles. The van der Waals surface area contributed by atoms with Crippen molar-refractivity contribution in [1.82, 2.24) is 4.98 Å². The number of nitrogens with zero attached hydrogens (tertiary/aromatic N) is 1. The zero-order valence-corrected chi connectivity index (χ0v) is 7.08. The number of methoxy groups -OCH3 is 1. The molecule has 0 unspecified atom stereocenters. The van der Waals surface area contributed by atoms with Crippen LogP contribution in [0.3, 0.4) is 0 Å². The number of carbonyl (C=O) groups is 1. The van der Waals surface area contributed by atoms with Gasteiger partial charge in [-0.1, -0.05) is 0 Å². The van der Waals surface area contributed by atoms with Crippen LogP contribution in [0.4, 0.5) is 0 Å². The van der Waals surface area contributed by atoms with Crippen LogP contribution in [0.1, 0.15) is 12.6 Å².